The van der Waals surface area contributed by atoms with Crippen LogP contribution in [0.3, 0.4) is 0 Å². The van der Waals surface area contributed by atoms with Gasteiger partial charge in [0, 0.05) is 17.3 Å². The number of aliphatic hydroxyl groups excluding tert-OH is 1. The molecule has 0 heterocycles. The Morgan fingerprint density at radius 3 is 2.35 bits per heavy atom. The molecule has 0 aromatic heterocycles. The zero-order chi connectivity index (χ0) is 15.3. The van der Waals surface area contributed by atoms with Gasteiger partial charge in [0.1, 0.15) is 0 Å². The molecule has 1 aromatic rings. The van der Waals surface area contributed by atoms with E-state index in [4.69, 9.17) is 0 Å². The number of rotatable bonds is 6. The predicted molar refractivity (Wildman–Crippen MR) is 76.8 cm³/mol. The molecule has 0 bridgehead atoms. The van der Waals surface area contributed by atoms with E-state index >= 15 is 0 Å². The topological polar surface area (TPSA) is 32.3 Å². The monoisotopic (exact) mass is 307 g/mol. The molecule has 0 saturated carbocycles. The van der Waals surface area contributed by atoms with E-state index in [2.05, 4.69) is 5.32 Å². The first-order valence-electron chi connectivity index (χ1n) is 6.37. The number of halogens is 3. The maximum Gasteiger partial charge on any atom is 0.416 e. The number of hydrogen-bond donors (Lipinski definition) is 2. The highest BCUT2D eigenvalue weighted by atomic mass is 32.2. The Balaban J connectivity index is 2.90. The van der Waals surface area contributed by atoms with Gasteiger partial charge in [-0.25, -0.2) is 0 Å². The summed E-state index contributed by atoms with van der Waals surface area (Å²) in [6, 6.07) is 5.04. The van der Waals surface area contributed by atoms with Crippen molar-refractivity contribution in [3.8, 4) is 0 Å². The lowest BCUT2D eigenvalue weighted by atomic mass is 10.00. The van der Waals surface area contributed by atoms with Crippen molar-refractivity contribution in [3.05, 3.63) is 35.4 Å². The zero-order valence-corrected chi connectivity index (χ0v) is 12.6. The van der Waals surface area contributed by atoms with Crippen molar-refractivity contribution < 1.29 is 18.3 Å². The predicted octanol–water partition coefficient (Wildman–Crippen LogP) is 3.47. The number of benzene rings is 1. The highest BCUT2D eigenvalue weighted by Crippen LogP contribution is 2.34. The molecular formula is C14H20F3NOS. The Kier molecular flexibility index (Phi) is 6.36. The SMILES string of the molecule is CSC(CO)C(C)NC(C)c1ccccc1C(F)(F)F. The third-order valence-corrected chi connectivity index (χ3v) is 4.45. The van der Waals surface area contributed by atoms with Crippen molar-refractivity contribution in [2.45, 2.75) is 37.4 Å². The molecule has 0 fully saturated rings. The molecule has 0 aliphatic rings. The van der Waals surface area contributed by atoms with Crippen molar-refractivity contribution in [1.29, 1.82) is 0 Å². The minimum absolute atomic E-state index is 0.0109. The summed E-state index contributed by atoms with van der Waals surface area (Å²) < 4.78 is 38.9. The van der Waals surface area contributed by atoms with Crippen molar-refractivity contribution in [3.63, 3.8) is 0 Å². The Labute approximate surface area is 121 Å². The minimum Gasteiger partial charge on any atom is -0.395 e. The number of alkyl halides is 3. The normalized spacial score (nSPS) is 16.8. The van der Waals surface area contributed by atoms with Gasteiger partial charge in [0.2, 0.25) is 0 Å². The molecule has 0 saturated heterocycles. The fourth-order valence-corrected chi connectivity index (χ4v) is 2.80. The van der Waals surface area contributed by atoms with Crippen LogP contribution in [0.4, 0.5) is 13.2 Å². The third-order valence-electron chi connectivity index (χ3n) is 3.29. The van der Waals surface area contributed by atoms with E-state index in [1.54, 1.807) is 13.0 Å². The van der Waals surface area contributed by atoms with Gasteiger partial charge in [-0.1, -0.05) is 18.2 Å². The van der Waals surface area contributed by atoms with E-state index in [1.165, 1.54) is 23.9 Å². The van der Waals surface area contributed by atoms with Gasteiger partial charge in [0.15, 0.2) is 0 Å². The Morgan fingerprint density at radius 2 is 1.85 bits per heavy atom. The second-order valence-electron chi connectivity index (χ2n) is 4.72. The second kappa shape index (κ2) is 7.33. The average molecular weight is 307 g/mol. The zero-order valence-electron chi connectivity index (χ0n) is 11.7. The first-order valence-corrected chi connectivity index (χ1v) is 7.65. The van der Waals surface area contributed by atoms with E-state index < -0.39 is 17.8 Å². The van der Waals surface area contributed by atoms with Crippen LogP contribution >= 0.6 is 11.8 Å². The summed E-state index contributed by atoms with van der Waals surface area (Å²) in [7, 11) is 0. The van der Waals surface area contributed by atoms with Gasteiger partial charge >= 0.3 is 6.18 Å². The summed E-state index contributed by atoms with van der Waals surface area (Å²) in [6.45, 7) is 3.56. The first kappa shape index (κ1) is 17.3. The number of nitrogens with one attached hydrogen (secondary N) is 1. The molecule has 0 aliphatic heterocycles. The van der Waals surface area contributed by atoms with Gasteiger partial charge in [-0.15, -0.1) is 0 Å². The average Bonchev–Trinajstić information content (AvgIpc) is 2.39. The van der Waals surface area contributed by atoms with Crippen LogP contribution in [0, 0.1) is 0 Å². The lowest BCUT2D eigenvalue weighted by molar-refractivity contribution is -0.138. The molecule has 3 atom stereocenters. The van der Waals surface area contributed by atoms with Gasteiger partial charge in [-0.2, -0.15) is 24.9 Å². The highest BCUT2D eigenvalue weighted by Gasteiger charge is 2.34. The van der Waals surface area contributed by atoms with Gasteiger partial charge in [0.05, 0.1) is 12.2 Å². The Bertz CT molecular complexity index is 421. The molecule has 3 unspecified atom stereocenters. The summed E-state index contributed by atoms with van der Waals surface area (Å²) in [6.07, 6.45) is -2.49. The standard InChI is InChI=1S/C14H20F3NOS/c1-9(18-10(2)13(8-19)20-3)11-6-4-5-7-12(11)14(15,16)17/h4-7,9-10,13,18-19H,8H2,1-3H3. The van der Waals surface area contributed by atoms with Gasteiger partial charge in [-0.3, -0.25) is 0 Å². The molecule has 1 rings (SSSR count). The molecular weight excluding hydrogens is 287 g/mol. The second-order valence-corrected chi connectivity index (χ2v) is 5.80. The van der Waals surface area contributed by atoms with E-state index in [0.29, 0.717) is 0 Å². The fourth-order valence-electron chi connectivity index (χ4n) is 2.16. The van der Waals surface area contributed by atoms with Crippen molar-refractivity contribution in [2.24, 2.45) is 0 Å². The number of aliphatic hydroxyl groups is 1. The van der Waals surface area contributed by atoms with Crippen LogP contribution in [0.5, 0.6) is 0 Å². The molecule has 0 aliphatic carbocycles. The summed E-state index contributed by atoms with van der Waals surface area (Å²) in [5.41, 5.74) is -0.387. The minimum atomic E-state index is -4.36. The fraction of sp³-hybridized carbons (Fsp3) is 0.571. The van der Waals surface area contributed by atoms with Crippen molar-refractivity contribution >= 4 is 11.8 Å². The largest absolute Gasteiger partial charge is 0.416 e. The van der Waals surface area contributed by atoms with Gasteiger partial charge < -0.3 is 10.4 Å². The third kappa shape index (κ3) is 4.40. The van der Waals surface area contributed by atoms with Crippen LogP contribution in [0.25, 0.3) is 0 Å². The number of thioether (sulfide) groups is 1. The van der Waals surface area contributed by atoms with Crippen LogP contribution < -0.4 is 5.32 Å². The summed E-state index contributed by atoms with van der Waals surface area (Å²) in [5.74, 6) is 0. The molecule has 2 N–H and O–H groups in total. The summed E-state index contributed by atoms with van der Waals surface area (Å²) >= 11 is 1.49. The maximum absolute atomic E-state index is 13.0. The molecule has 2 nitrogen and oxygen atoms in total. The van der Waals surface area contributed by atoms with E-state index in [9.17, 15) is 18.3 Å². The summed E-state index contributed by atoms with van der Waals surface area (Å²) in [4.78, 5) is 0. The van der Waals surface area contributed by atoms with Crippen LogP contribution in [0.1, 0.15) is 31.0 Å². The lowest BCUT2D eigenvalue weighted by Gasteiger charge is -2.27. The molecule has 114 valence electrons. The van der Waals surface area contributed by atoms with Crippen LogP contribution in [-0.4, -0.2) is 29.3 Å². The van der Waals surface area contributed by atoms with Crippen LogP contribution in [0.15, 0.2) is 24.3 Å². The number of hydrogen-bond acceptors (Lipinski definition) is 3. The van der Waals surface area contributed by atoms with E-state index in [-0.39, 0.29) is 23.5 Å². The summed E-state index contributed by atoms with van der Waals surface area (Å²) in [5, 5.41) is 12.3. The van der Waals surface area contributed by atoms with Crippen molar-refractivity contribution in [2.75, 3.05) is 12.9 Å². The van der Waals surface area contributed by atoms with Crippen molar-refractivity contribution in [1.82, 2.24) is 5.32 Å². The lowest BCUT2D eigenvalue weighted by Crippen LogP contribution is -2.39. The van der Waals surface area contributed by atoms with E-state index in [1.807, 2.05) is 13.2 Å². The van der Waals surface area contributed by atoms with Crippen LogP contribution in [0.2, 0.25) is 0 Å². The molecule has 0 radical (unpaired) electrons. The Morgan fingerprint density at radius 1 is 1.25 bits per heavy atom. The van der Waals surface area contributed by atoms with Gasteiger partial charge in [0.25, 0.3) is 0 Å². The smallest absolute Gasteiger partial charge is 0.395 e. The van der Waals surface area contributed by atoms with Crippen LogP contribution in [-0.2, 0) is 6.18 Å². The maximum atomic E-state index is 13.0. The molecule has 1 aromatic carbocycles. The van der Waals surface area contributed by atoms with Gasteiger partial charge in [-0.05, 0) is 31.7 Å². The van der Waals surface area contributed by atoms with E-state index in [0.717, 1.165) is 6.07 Å². The molecule has 20 heavy (non-hydrogen) atoms. The Hall–Kier alpha value is -0.720. The highest BCUT2D eigenvalue weighted by molar-refractivity contribution is 7.99. The molecule has 0 amide bonds. The first-order chi connectivity index (χ1) is 9.31. The quantitative estimate of drug-likeness (QED) is 0.844. The molecule has 0 spiro atoms. The molecule has 6 heteroatoms.